The van der Waals surface area contributed by atoms with E-state index in [1.165, 1.54) is 38.6 Å². The van der Waals surface area contributed by atoms with Gasteiger partial charge in [-0.05, 0) is 32.9 Å². The summed E-state index contributed by atoms with van der Waals surface area (Å²) in [7, 11) is 1.79. The SMILES string of the molecule is CCCCCCCCN(C)CC(=O)C(CC(=O)O)NC(=O)C(C(C)C)n1ccnc(NCC(=NO)C(C)=N)c1=O. The first-order chi connectivity index (χ1) is 18.9. The van der Waals surface area contributed by atoms with Gasteiger partial charge in [0.05, 0.1) is 31.3 Å². The zero-order valence-electron chi connectivity index (χ0n) is 24.3. The smallest absolute Gasteiger partial charge is 0.305 e. The van der Waals surface area contributed by atoms with E-state index in [0.29, 0.717) is 6.54 Å². The van der Waals surface area contributed by atoms with Gasteiger partial charge in [-0.15, -0.1) is 0 Å². The van der Waals surface area contributed by atoms with E-state index in [1.807, 2.05) is 4.90 Å². The number of rotatable bonds is 20. The quantitative estimate of drug-likeness (QED) is 0.0687. The fourth-order valence-corrected chi connectivity index (χ4v) is 4.22. The summed E-state index contributed by atoms with van der Waals surface area (Å²) in [6, 6.07) is -2.32. The molecule has 13 heteroatoms. The van der Waals surface area contributed by atoms with Crippen LogP contribution in [0.3, 0.4) is 0 Å². The predicted octanol–water partition coefficient (Wildman–Crippen LogP) is 2.54. The fourth-order valence-electron chi connectivity index (χ4n) is 4.22. The highest BCUT2D eigenvalue weighted by atomic mass is 16.4. The first kappa shape index (κ1) is 34.4. The number of carboxylic acid groups (broad SMARTS) is 1. The lowest BCUT2D eigenvalue weighted by Crippen LogP contribution is -2.50. The Morgan fingerprint density at radius 3 is 2.40 bits per heavy atom. The van der Waals surface area contributed by atoms with Crippen molar-refractivity contribution in [2.45, 2.75) is 84.7 Å². The number of oxime groups is 1. The van der Waals surface area contributed by atoms with E-state index in [4.69, 9.17) is 10.6 Å². The molecule has 0 bridgehead atoms. The number of likely N-dealkylation sites (N-methyl/N-ethyl adjacent to an activating group) is 1. The van der Waals surface area contributed by atoms with Gasteiger partial charge in [-0.2, -0.15) is 0 Å². The lowest BCUT2D eigenvalue weighted by atomic mass is 10.0. The van der Waals surface area contributed by atoms with Crippen LogP contribution in [0.25, 0.3) is 0 Å². The Morgan fingerprint density at radius 1 is 1.18 bits per heavy atom. The van der Waals surface area contributed by atoms with E-state index in [2.05, 4.69) is 27.7 Å². The Bertz CT molecular complexity index is 1090. The molecule has 5 N–H and O–H groups in total. The monoisotopic (exact) mass is 563 g/mol. The molecule has 0 aliphatic carbocycles. The topological polar surface area (TPSA) is 190 Å². The molecule has 224 valence electrons. The van der Waals surface area contributed by atoms with Gasteiger partial charge in [0.25, 0.3) is 5.56 Å². The minimum atomic E-state index is -1.26. The van der Waals surface area contributed by atoms with Crippen molar-refractivity contribution in [1.82, 2.24) is 19.8 Å². The van der Waals surface area contributed by atoms with Crippen molar-refractivity contribution in [2.75, 3.05) is 32.0 Å². The van der Waals surface area contributed by atoms with Crippen molar-refractivity contribution in [3.63, 3.8) is 0 Å². The maximum Gasteiger partial charge on any atom is 0.305 e. The molecule has 0 aliphatic heterocycles. The Morgan fingerprint density at radius 2 is 1.82 bits per heavy atom. The Balaban J connectivity index is 3.01. The number of carbonyl (C=O) groups is 3. The summed E-state index contributed by atoms with van der Waals surface area (Å²) in [6.07, 6.45) is 8.74. The number of unbranched alkanes of at least 4 members (excludes halogenated alkanes) is 5. The summed E-state index contributed by atoms with van der Waals surface area (Å²) in [5.41, 5.74) is -0.639. The number of amides is 1. The third kappa shape index (κ3) is 11.6. The molecule has 0 fully saturated rings. The molecule has 2 atom stereocenters. The number of carbonyl (C=O) groups excluding carboxylic acids is 2. The van der Waals surface area contributed by atoms with Crippen LogP contribution in [-0.2, 0) is 14.4 Å². The molecule has 0 aromatic carbocycles. The largest absolute Gasteiger partial charge is 0.481 e. The number of hydrogen-bond donors (Lipinski definition) is 5. The summed E-state index contributed by atoms with van der Waals surface area (Å²) in [5.74, 6) is -2.84. The van der Waals surface area contributed by atoms with Gasteiger partial charge in [-0.1, -0.05) is 58.0 Å². The third-order valence-corrected chi connectivity index (χ3v) is 6.45. The van der Waals surface area contributed by atoms with Gasteiger partial charge in [-0.3, -0.25) is 28.6 Å². The van der Waals surface area contributed by atoms with Gasteiger partial charge >= 0.3 is 5.97 Å². The number of hydrogen-bond acceptors (Lipinski definition) is 10. The number of Topliss-reactive ketones (excluding diaryl/α,β-unsaturated/α-hetero) is 1. The number of aromatic nitrogens is 2. The lowest BCUT2D eigenvalue weighted by molar-refractivity contribution is -0.140. The first-order valence-corrected chi connectivity index (χ1v) is 13.7. The van der Waals surface area contributed by atoms with Crippen molar-refractivity contribution in [3.8, 4) is 0 Å². The Kier molecular flexibility index (Phi) is 15.4. The summed E-state index contributed by atoms with van der Waals surface area (Å²) in [6.45, 7) is 7.56. The standard InChI is InChI=1S/C27H45N7O6/c1-6-7-8-9-10-11-13-33(5)17-22(35)20(15-23(36)37)31-26(38)24(18(2)3)34-14-12-29-25(27(34)39)30-16-21(32-40)19(4)28/h12,14,18,20,24,28,40H,6-11,13,15-17H2,1-5H3,(H,29,30)(H,31,38)(H,36,37). The average Bonchev–Trinajstić information content (AvgIpc) is 2.87. The van der Waals surface area contributed by atoms with Crippen LogP contribution in [-0.4, -0.2) is 86.6 Å². The molecule has 40 heavy (non-hydrogen) atoms. The molecule has 1 aromatic heterocycles. The van der Waals surface area contributed by atoms with Crippen molar-refractivity contribution in [1.29, 1.82) is 5.41 Å². The Labute approximate surface area is 235 Å². The molecule has 0 spiro atoms. The van der Waals surface area contributed by atoms with Crippen LogP contribution in [0.4, 0.5) is 5.82 Å². The molecule has 1 rings (SSSR count). The first-order valence-electron chi connectivity index (χ1n) is 13.7. The highest BCUT2D eigenvalue weighted by Gasteiger charge is 2.31. The summed E-state index contributed by atoms with van der Waals surface area (Å²) in [4.78, 5) is 56.9. The number of ketones is 1. The maximum atomic E-state index is 13.4. The zero-order chi connectivity index (χ0) is 30.2. The number of aliphatic carboxylic acids is 1. The van der Waals surface area contributed by atoms with E-state index in [0.717, 1.165) is 23.8 Å². The second kappa shape index (κ2) is 17.9. The van der Waals surface area contributed by atoms with Crippen LogP contribution >= 0.6 is 0 Å². The van der Waals surface area contributed by atoms with Crippen LogP contribution in [0.2, 0.25) is 0 Å². The molecule has 13 nitrogen and oxygen atoms in total. The van der Waals surface area contributed by atoms with E-state index < -0.39 is 47.6 Å². The molecule has 1 amide bonds. The molecular formula is C27H45N7O6. The molecular weight excluding hydrogens is 518 g/mol. The Hall–Kier alpha value is -3.61. The molecule has 0 radical (unpaired) electrons. The summed E-state index contributed by atoms with van der Waals surface area (Å²) in [5, 5.41) is 34.3. The van der Waals surface area contributed by atoms with E-state index in [9.17, 15) is 24.3 Å². The number of carboxylic acids is 1. The maximum absolute atomic E-state index is 13.4. The zero-order valence-corrected chi connectivity index (χ0v) is 24.3. The van der Waals surface area contributed by atoms with Crippen molar-refractivity contribution in [3.05, 3.63) is 22.7 Å². The van der Waals surface area contributed by atoms with Gasteiger partial charge in [0.2, 0.25) is 5.91 Å². The van der Waals surface area contributed by atoms with Gasteiger partial charge in [0.15, 0.2) is 11.6 Å². The minimum Gasteiger partial charge on any atom is -0.481 e. The van der Waals surface area contributed by atoms with E-state index in [-0.39, 0.29) is 30.3 Å². The number of nitrogens with one attached hydrogen (secondary N) is 3. The highest BCUT2D eigenvalue weighted by molar-refractivity contribution is 6.41. The molecule has 1 aromatic rings. The van der Waals surface area contributed by atoms with Gasteiger partial charge in [-0.25, -0.2) is 4.98 Å². The van der Waals surface area contributed by atoms with Crippen LogP contribution < -0.4 is 16.2 Å². The minimum absolute atomic E-state index is 0.00236. The van der Waals surface area contributed by atoms with Gasteiger partial charge in [0, 0.05) is 12.4 Å². The predicted molar refractivity (Wildman–Crippen MR) is 154 cm³/mol. The van der Waals surface area contributed by atoms with Crippen LogP contribution in [0.1, 0.15) is 78.7 Å². The van der Waals surface area contributed by atoms with Gasteiger partial charge in [0.1, 0.15) is 11.8 Å². The van der Waals surface area contributed by atoms with Crippen molar-refractivity contribution in [2.24, 2.45) is 11.1 Å². The second-order valence-corrected chi connectivity index (χ2v) is 10.3. The molecule has 0 saturated heterocycles. The molecule has 0 saturated carbocycles. The van der Waals surface area contributed by atoms with E-state index >= 15 is 0 Å². The normalized spacial score (nSPS) is 13.2. The third-order valence-electron chi connectivity index (χ3n) is 6.45. The van der Waals surface area contributed by atoms with Crippen LogP contribution in [0.15, 0.2) is 22.3 Å². The van der Waals surface area contributed by atoms with E-state index in [1.54, 1.807) is 20.9 Å². The molecule has 2 unspecified atom stereocenters. The second-order valence-electron chi connectivity index (χ2n) is 10.3. The van der Waals surface area contributed by atoms with Gasteiger partial charge < -0.3 is 26.4 Å². The van der Waals surface area contributed by atoms with Crippen molar-refractivity contribution < 1.29 is 24.7 Å². The lowest BCUT2D eigenvalue weighted by Gasteiger charge is -2.26. The fraction of sp³-hybridized carbons (Fsp3) is 0.667. The average molecular weight is 564 g/mol. The summed E-state index contributed by atoms with van der Waals surface area (Å²) >= 11 is 0. The van der Waals surface area contributed by atoms with Crippen LogP contribution in [0, 0.1) is 11.3 Å². The summed E-state index contributed by atoms with van der Waals surface area (Å²) < 4.78 is 1.16. The molecule has 1 heterocycles. The van der Waals surface area contributed by atoms with Crippen molar-refractivity contribution >= 4 is 34.9 Å². The highest BCUT2D eigenvalue weighted by Crippen LogP contribution is 2.17. The number of nitrogens with zero attached hydrogens (tertiary/aromatic N) is 4. The van der Waals surface area contributed by atoms with Crippen LogP contribution in [0.5, 0.6) is 0 Å². The number of anilines is 1. The molecule has 0 aliphatic rings.